The third-order valence-corrected chi connectivity index (χ3v) is 2.29. The van der Waals surface area contributed by atoms with Gasteiger partial charge in [0.1, 0.15) is 18.4 Å². The summed E-state index contributed by atoms with van der Waals surface area (Å²) in [6, 6.07) is -0.779. The Morgan fingerprint density at radius 2 is 2.17 bits per heavy atom. The number of carbonyl (C=O) groups excluding carboxylic acids is 2. The van der Waals surface area contributed by atoms with E-state index in [2.05, 4.69) is 10.1 Å². The number of hydrogen-bond acceptors (Lipinski definition) is 6. The van der Waals surface area contributed by atoms with Gasteiger partial charge in [-0.2, -0.15) is 0 Å². The first kappa shape index (κ1) is 14.4. The lowest BCUT2D eigenvalue weighted by Gasteiger charge is -2.22. The number of esters is 2. The molecule has 0 aromatic heterocycles. The summed E-state index contributed by atoms with van der Waals surface area (Å²) in [5.74, 6) is -4.10. The number of cyclic esters (lactones) is 1. The minimum absolute atomic E-state index is 0.0319. The summed E-state index contributed by atoms with van der Waals surface area (Å²) in [7, 11) is 0. The molecule has 0 radical (unpaired) electrons. The van der Waals surface area contributed by atoms with Crippen molar-refractivity contribution < 1.29 is 29.0 Å². The minimum atomic E-state index is -1.38. The molecule has 1 heterocycles. The van der Waals surface area contributed by atoms with Crippen molar-refractivity contribution in [1.29, 1.82) is 0 Å². The Morgan fingerprint density at radius 1 is 1.56 bits per heavy atom. The van der Waals surface area contributed by atoms with Crippen molar-refractivity contribution in [2.75, 3.05) is 6.73 Å². The van der Waals surface area contributed by atoms with Gasteiger partial charge in [0.05, 0.1) is 0 Å². The average Bonchev–Trinajstić information content (AvgIpc) is 2.57. The van der Waals surface area contributed by atoms with Crippen LogP contribution >= 0.6 is 0 Å². The molecular weight excluding hydrogens is 242 g/mol. The van der Waals surface area contributed by atoms with E-state index in [1.807, 2.05) is 0 Å². The molecule has 1 aliphatic rings. The smallest absolute Gasteiger partial charge is 0.324 e. The maximum absolute atomic E-state index is 11.7. The van der Waals surface area contributed by atoms with Crippen molar-refractivity contribution in [3.05, 3.63) is 0 Å². The molecule has 0 aliphatic carbocycles. The first-order chi connectivity index (χ1) is 8.20. The number of carboxylic acids is 1. The quantitative estimate of drug-likeness (QED) is 0.536. The van der Waals surface area contributed by atoms with Crippen LogP contribution in [0.2, 0.25) is 0 Å². The van der Waals surface area contributed by atoms with Crippen molar-refractivity contribution >= 4 is 17.9 Å². The summed E-state index contributed by atoms with van der Waals surface area (Å²) < 4.78 is 9.64. The third-order valence-electron chi connectivity index (χ3n) is 2.29. The molecule has 0 aromatic carbocycles. The van der Waals surface area contributed by atoms with Crippen molar-refractivity contribution in [3.63, 3.8) is 0 Å². The highest BCUT2D eigenvalue weighted by atomic mass is 16.6. The first-order valence-electron chi connectivity index (χ1n) is 5.56. The Bertz CT molecular complexity index is 359. The summed E-state index contributed by atoms with van der Waals surface area (Å²) in [6.07, 6.45) is -0.178. The van der Waals surface area contributed by atoms with E-state index in [0.717, 1.165) is 0 Å². The van der Waals surface area contributed by atoms with Crippen LogP contribution in [0.5, 0.6) is 0 Å². The highest BCUT2D eigenvalue weighted by Gasteiger charge is 2.37. The van der Waals surface area contributed by atoms with Crippen LogP contribution in [0.25, 0.3) is 0 Å². The van der Waals surface area contributed by atoms with Crippen LogP contribution in [0.15, 0.2) is 0 Å². The van der Waals surface area contributed by atoms with E-state index in [1.54, 1.807) is 20.8 Å². The Labute approximate surface area is 104 Å². The van der Waals surface area contributed by atoms with E-state index in [4.69, 9.17) is 9.84 Å². The summed E-state index contributed by atoms with van der Waals surface area (Å²) >= 11 is 0. The molecule has 1 aliphatic heterocycles. The van der Waals surface area contributed by atoms with Crippen LogP contribution in [0.4, 0.5) is 0 Å². The number of hydrogen-bond donors (Lipinski definition) is 2. The van der Waals surface area contributed by atoms with E-state index in [-0.39, 0.29) is 13.2 Å². The van der Waals surface area contributed by atoms with Crippen molar-refractivity contribution in [2.45, 2.75) is 38.8 Å². The topological polar surface area (TPSA) is 102 Å². The zero-order valence-corrected chi connectivity index (χ0v) is 10.6. The molecule has 102 valence electrons. The van der Waals surface area contributed by atoms with Crippen LogP contribution in [-0.2, 0) is 23.9 Å². The molecule has 1 saturated heterocycles. The maximum Gasteiger partial charge on any atom is 0.324 e. The fourth-order valence-electron chi connectivity index (χ4n) is 1.48. The molecule has 0 aromatic rings. The van der Waals surface area contributed by atoms with Gasteiger partial charge in [0.15, 0.2) is 5.92 Å². The van der Waals surface area contributed by atoms with Gasteiger partial charge in [-0.05, 0) is 27.2 Å². The summed E-state index contributed by atoms with van der Waals surface area (Å²) in [5, 5.41) is 11.7. The standard InChI is InChI=1S/C11H17NO6/c1-11(2,3)18-9(15)6(8(13)14)4-7-10(16)17-5-12-7/h6-7,12H,4-5H2,1-3H3,(H,13,14). The lowest BCUT2D eigenvalue weighted by Crippen LogP contribution is -2.38. The molecule has 0 spiro atoms. The predicted octanol–water partition coefficient (Wildman–Crippen LogP) is -0.108. The Hall–Kier alpha value is -1.63. The number of ether oxygens (including phenoxy) is 2. The number of aliphatic carboxylic acids is 1. The average molecular weight is 259 g/mol. The van der Waals surface area contributed by atoms with E-state index < -0.39 is 35.5 Å². The number of nitrogens with one attached hydrogen (secondary N) is 1. The molecule has 2 N–H and O–H groups in total. The largest absolute Gasteiger partial charge is 0.481 e. The molecule has 1 rings (SSSR count). The van der Waals surface area contributed by atoms with Crippen molar-refractivity contribution in [3.8, 4) is 0 Å². The fourth-order valence-corrected chi connectivity index (χ4v) is 1.48. The highest BCUT2D eigenvalue weighted by molar-refractivity contribution is 5.95. The Morgan fingerprint density at radius 3 is 2.56 bits per heavy atom. The van der Waals surface area contributed by atoms with Crippen LogP contribution in [0.1, 0.15) is 27.2 Å². The van der Waals surface area contributed by atoms with Crippen LogP contribution < -0.4 is 5.32 Å². The van der Waals surface area contributed by atoms with Crippen molar-refractivity contribution in [2.24, 2.45) is 5.92 Å². The van der Waals surface area contributed by atoms with Crippen LogP contribution in [0, 0.1) is 5.92 Å². The number of carbonyl (C=O) groups is 3. The van der Waals surface area contributed by atoms with Gasteiger partial charge in [0.2, 0.25) is 0 Å². The van der Waals surface area contributed by atoms with Gasteiger partial charge in [-0.1, -0.05) is 0 Å². The van der Waals surface area contributed by atoms with E-state index in [0.29, 0.717) is 0 Å². The van der Waals surface area contributed by atoms with Gasteiger partial charge >= 0.3 is 17.9 Å². The van der Waals surface area contributed by atoms with Gasteiger partial charge < -0.3 is 14.6 Å². The van der Waals surface area contributed by atoms with Crippen LogP contribution in [0.3, 0.4) is 0 Å². The molecule has 2 unspecified atom stereocenters. The molecule has 2 atom stereocenters. The second-order valence-electron chi connectivity index (χ2n) is 5.02. The molecular formula is C11H17NO6. The van der Waals surface area contributed by atoms with E-state index >= 15 is 0 Å². The first-order valence-corrected chi connectivity index (χ1v) is 5.56. The fraction of sp³-hybridized carbons (Fsp3) is 0.727. The second-order valence-corrected chi connectivity index (χ2v) is 5.02. The SMILES string of the molecule is CC(C)(C)OC(=O)C(CC1NCOC1=O)C(=O)O. The Balaban J connectivity index is 2.68. The van der Waals surface area contributed by atoms with Gasteiger partial charge in [-0.25, -0.2) is 0 Å². The molecule has 0 bridgehead atoms. The van der Waals surface area contributed by atoms with Gasteiger partial charge in [0.25, 0.3) is 0 Å². The molecule has 7 heteroatoms. The van der Waals surface area contributed by atoms with E-state index in [1.165, 1.54) is 0 Å². The Kier molecular flexibility index (Phi) is 4.28. The minimum Gasteiger partial charge on any atom is -0.481 e. The summed E-state index contributed by atoms with van der Waals surface area (Å²) in [6.45, 7) is 4.97. The number of rotatable bonds is 4. The van der Waals surface area contributed by atoms with Crippen molar-refractivity contribution in [1.82, 2.24) is 5.32 Å². The molecule has 0 saturated carbocycles. The lowest BCUT2D eigenvalue weighted by atomic mass is 10.00. The summed E-state index contributed by atoms with van der Waals surface area (Å²) in [5.41, 5.74) is -0.769. The van der Waals surface area contributed by atoms with Gasteiger partial charge in [-0.15, -0.1) is 0 Å². The monoisotopic (exact) mass is 259 g/mol. The normalized spacial score (nSPS) is 21.3. The zero-order chi connectivity index (χ0) is 13.9. The molecule has 18 heavy (non-hydrogen) atoms. The molecule has 1 fully saturated rings. The maximum atomic E-state index is 11.7. The number of carboxylic acid groups (broad SMARTS) is 1. The molecule has 7 nitrogen and oxygen atoms in total. The zero-order valence-electron chi connectivity index (χ0n) is 10.6. The van der Waals surface area contributed by atoms with Crippen LogP contribution in [-0.4, -0.2) is 41.4 Å². The van der Waals surface area contributed by atoms with E-state index in [9.17, 15) is 14.4 Å². The predicted molar refractivity (Wildman–Crippen MR) is 59.5 cm³/mol. The van der Waals surface area contributed by atoms with Gasteiger partial charge in [0, 0.05) is 0 Å². The van der Waals surface area contributed by atoms with Gasteiger partial charge in [-0.3, -0.25) is 19.7 Å². The highest BCUT2D eigenvalue weighted by Crippen LogP contribution is 2.17. The third kappa shape index (κ3) is 3.99. The second kappa shape index (κ2) is 5.34. The summed E-state index contributed by atoms with van der Waals surface area (Å²) in [4.78, 5) is 34.0. The lowest BCUT2D eigenvalue weighted by molar-refractivity contribution is -0.167. The molecule has 0 amide bonds.